The van der Waals surface area contributed by atoms with Crippen LogP contribution in [-0.2, 0) is 0 Å². The smallest absolute Gasteiger partial charge is 0.125 e. The van der Waals surface area contributed by atoms with E-state index in [0.717, 1.165) is 11.3 Å². The van der Waals surface area contributed by atoms with Crippen LogP contribution < -0.4 is 4.74 Å². The Hall–Kier alpha value is -0.990. The lowest BCUT2D eigenvalue weighted by atomic mass is 9.98. The maximum atomic E-state index is 6.01. The Labute approximate surface area is 134 Å². The van der Waals surface area contributed by atoms with Crippen molar-refractivity contribution in [3.8, 4) is 5.75 Å². The summed E-state index contributed by atoms with van der Waals surface area (Å²) in [6.45, 7) is 4.39. The highest BCUT2D eigenvalue weighted by atomic mass is 79.9. The van der Waals surface area contributed by atoms with Crippen molar-refractivity contribution in [1.29, 1.82) is 0 Å². The van der Waals surface area contributed by atoms with Crippen molar-refractivity contribution in [1.82, 2.24) is 0 Å². The van der Waals surface area contributed by atoms with E-state index in [1.54, 1.807) is 7.11 Å². The molecule has 1 nitrogen and oxygen atoms in total. The van der Waals surface area contributed by atoms with Gasteiger partial charge < -0.3 is 4.74 Å². The third-order valence-corrected chi connectivity index (χ3v) is 4.62. The molecule has 1 atom stereocenters. The number of alkyl halides is 1. The Morgan fingerprint density at radius 2 is 1.60 bits per heavy atom. The molecule has 0 spiro atoms. The average Bonchev–Trinajstić information content (AvgIpc) is 2.46. The minimum Gasteiger partial charge on any atom is -0.496 e. The van der Waals surface area contributed by atoms with E-state index in [-0.39, 0.29) is 4.83 Å². The van der Waals surface area contributed by atoms with Crippen molar-refractivity contribution in [3.05, 3.63) is 64.2 Å². The molecule has 0 fully saturated rings. The minimum atomic E-state index is 0.0935. The number of ether oxygens (including phenoxy) is 1. The first-order valence-corrected chi connectivity index (χ1v) is 7.89. The quantitative estimate of drug-likeness (QED) is 0.616. The lowest BCUT2D eigenvalue weighted by Crippen LogP contribution is -1.98. The Kier molecular flexibility index (Phi) is 5.11. The third kappa shape index (κ3) is 3.36. The van der Waals surface area contributed by atoms with Gasteiger partial charge in [0.15, 0.2) is 0 Å². The Bertz CT molecular complexity index is 578. The first-order chi connectivity index (χ1) is 9.52. The monoisotopic (exact) mass is 352 g/mol. The van der Waals surface area contributed by atoms with Gasteiger partial charge in [-0.1, -0.05) is 71.7 Å². The summed E-state index contributed by atoms with van der Waals surface area (Å²) in [5, 5.41) is 0.681. The van der Waals surface area contributed by atoms with Crippen molar-refractivity contribution in [2.45, 2.75) is 24.6 Å². The molecule has 0 N–H and O–H groups in total. The molecule has 1 unspecified atom stereocenters. The van der Waals surface area contributed by atoms with Gasteiger partial charge in [0.2, 0.25) is 0 Å². The minimum absolute atomic E-state index is 0.0935. The fourth-order valence-electron chi connectivity index (χ4n) is 2.12. The van der Waals surface area contributed by atoms with Crippen LogP contribution in [0.1, 0.15) is 41.3 Å². The van der Waals surface area contributed by atoms with Gasteiger partial charge in [0, 0.05) is 10.6 Å². The van der Waals surface area contributed by atoms with Gasteiger partial charge in [-0.15, -0.1) is 0 Å². The van der Waals surface area contributed by atoms with Crippen LogP contribution in [0, 0.1) is 0 Å². The number of rotatable bonds is 4. The largest absolute Gasteiger partial charge is 0.496 e. The zero-order valence-electron chi connectivity index (χ0n) is 11.9. The molecule has 0 heterocycles. The first-order valence-electron chi connectivity index (χ1n) is 6.60. The summed E-state index contributed by atoms with van der Waals surface area (Å²) < 4.78 is 5.42. The second-order valence-corrected chi connectivity index (χ2v) is 6.42. The van der Waals surface area contributed by atoms with Gasteiger partial charge in [-0.3, -0.25) is 0 Å². The van der Waals surface area contributed by atoms with E-state index in [9.17, 15) is 0 Å². The van der Waals surface area contributed by atoms with Gasteiger partial charge in [0.05, 0.1) is 11.9 Å². The molecule has 2 rings (SSSR count). The lowest BCUT2D eigenvalue weighted by Gasteiger charge is -2.16. The Morgan fingerprint density at radius 1 is 1.00 bits per heavy atom. The van der Waals surface area contributed by atoms with Crippen molar-refractivity contribution in [2.75, 3.05) is 7.11 Å². The summed E-state index contributed by atoms with van der Waals surface area (Å²) in [5.41, 5.74) is 3.63. The van der Waals surface area contributed by atoms with E-state index >= 15 is 0 Å². The molecule has 0 radical (unpaired) electrons. The van der Waals surface area contributed by atoms with Gasteiger partial charge in [-0.2, -0.15) is 0 Å². The van der Waals surface area contributed by atoms with Crippen LogP contribution in [0.2, 0.25) is 5.02 Å². The second-order valence-electron chi connectivity index (χ2n) is 5.07. The summed E-state index contributed by atoms with van der Waals surface area (Å²) in [6.07, 6.45) is 0. The van der Waals surface area contributed by atoms with Gasteiger partial charge in [-0.05, 0) is 29.2 Å². The van der Waals surface area contributed by atoms with E-state index in [1.165, 1.54) is 11.1 Å². The number of benzene rings is 2. The van der Waals surface area contributed by atoms with Crippen LogP contribution in [0.3, 0.4) is 0 Å². The van der Waals surface area contributed by atoms with E-state index in [0.29, 0.717) is 10.9 Å². The van der Waals surface area contributed by atoms with Gasteiger partial charge in [0.1, 0.15) is 5.75 Å². The normalized spacial score (nSPS) is 12.5. The SMILES string of the molecule is COc1cc(Cl)ccc1C(Br)c1ccc(C(C)C)cc1. The highest BCUT2D eigenvalue weighted by Gasteiger charge is 2.15. The first kappa shape index (κ1) is 15.4. The molecular weight excluding hydrogens is 336 g/mol. The summed E-state index contributed by atoms with van der Waals surface area (Å²) >= 11 is 9.76. The van der Waals surface area contributed by atoms with Crippen molar-refractivity contribution >= 4 is 27.5 Å². The van der Waals surface area contributed by atoms with Gasteiger partial charge >= 0.3 is 0 Å². The van der Waals surface area contributed by atoms with E-state index in [2.05, 4.69) is 54.0 Å². The standard InChI is InChI=1S/C17H18BrClO/c1-11(2)12-4-6-13(7-5-12)17(18)15-9-8-14(19)10-16(15)20-3/h4-11,17H,1-3H3. The average molecular weight is 354 g/mol. The molecule has 0 saturated heterocycles. The molecule has 106 valence electrons. The lowest BCUT2D eigenvalue weighted by molar-refractivity contribution is 0.410. The van der Waals surface area contributed by atoms with Crippen LogP contribution in [0.5, 0.6) is 5.75 Å². The second kappa shape index (κ2) is 6.64. The summed E-state index contributed by atoms with van der Waals surface area (Å²) in [6, 6.07) is 14.4. The van der Waals surface area contributed by atoms with Crippen LogP contribution in [0.25, 0.3) is 0 Å². The van der Waals surface area contributed by atoms with Gasteiger partial charge in [-0.25, -0.2) is 0 Å². The van der Waals surface area contributed by atoms with Crippen molar-refractivity contribution in [2.24, 2.45) is 0 Å². The fourth-order valence-corrected chi connectivity index (χ4v) is 2.97. The zero-order chi connectivity index (χ0) is 14.7. The molecule has 0 saturated carbocycles. The van der Waals surface area contributed by atoms with Crippen LogP contribution in [0.4, 0.5) is 0 Å². The predicted octanol–water partition coefficient (Wildman–Crippen LogP) is 5.96. The topological polar surface area (TPSA) is 9.23 Å². The van der Waals surface area contributed by atoms with Gasteiger partial charge in [0.25, 0.3) is 0 Å². The molecule has 2 aromatic rings. The highest BCUT2D eigenvalue weighted by molar-refractivity contribution is 9.09. The number of halogens is 2. The Morgan fingerprint density at radius 3 is 2.15 bits per heavy atom. The maximum Gasteiger partial charge on any atom is 0.125 e. The molecule has 0 bridgehead atoms. The van der Waals surface area contributed by atoms with Crippen LogP contribution in [-0.4, -0.2) is 7.11 Å². The molecule has 0 aliphatic rings. The van der Waals surface area contributed by atoms with Crippen LogP contribution >= 0.6 is 27.5 Å². The highest BCUT2D eigenvalue weighted by Crippen LogP contribution is 2.38. The molecule has 0 aromatic heterocycles. The van der Waals surface area contributed by atoms with Crippen LogP contribution in [0.15, 0.2) is 42.5 Å². The van der Waals surface area contributed by atoms with Crippen molar-refractivity contribution < 1.29 is 4.74 Å². The number of hydrogen-bond donors (Lipinski definition) is 0. The predicted molar refractivity (Wildman–Crippen MR) is 89.3 cm³/mol. The maximum absolute atomic E-state index is 6.01. The molecule has 2 aromatic carbocycles. The summed E-state index contributed by atoms with van der Waals surface area (Å²) in [4.78, 5) is 0.0935. The Balaban J connectivity index is 2.33. The van der Waals surface area contributed by atoms with E-state index in [1.807, 2.05) is 18.2 Å². The molecule has 20 heavy (non-hydrogen) atoms. The van der Waals surface area contributed by atoms with Crippen molar-refractivity contribution in [3.63, 3.8) is 0 Å². The molecular formula is C17H18BrClO. The molecule has 3 heteroatoms. The molecule has 0 amide bonds. The zero-order valence-corrected chi connectivity index (χ0v) is 14.2. The third-order valence-electron chi connectivity index (χ3n) is 3.36. The van der Waals surface area contributed by atoms with E-state index in [4.69, 9.17) is 16.3 Å². The number of methoxy groups -OCH3 is 1. The summed E-state index contributed by atoms with van der Waals surface area (Å²) in [5.74, 6) is 1.34. The summed E-state index contributed by atoms with van der Waals surface area (Å²) in [7, 11) is 1.66. The molecule has 0 aliphatic heterocycles. The number of hydrogen-bond acceptors (Lipinski definition) is 1. The fraction of sp³-hybridized carbons (Fsp3) is 0.294. The molecule has 0 aliphatic carbocycles. The van der Waals surface area contributed by atoms with E-state index < -0.39 is 0 Å².